The smallest absolute Gasteiger partial charge is 0.230 e. The molecule has 2 aromatic rings. The third kappa shape index (κ3) is 4.61. The van der Waals surface area contributed by atoms with Crippen LogP contribution in [-0.2, 0) is 17.1 Å². The summed E-state index contributed by atoms with van der Waals surface area (Å²) in [4.78, 5) is 11.7. The number of carbonyl (C=O) groups is 1. The molecule has 0 spiro atoms. The summed E-state index contributed by atoms with van der Waals surface area (Å²) in [5.74, 6) is 1.24. The lowest BCUT2D eigenvalue weighted by Crippen LogP contribution is -2.24. The van der Waals surface area contributed by atoms with E-state index in [1.807, 2.05) is 38.1 Å². The first-order valence-electron chi connectivity index (χ1n) is 6.33. The zero-order valence-electron chi connectivity index (χ0n) is 11.5. The molecule has 20 heavy (non-hydrogen) atoms. The molecule has 4 nitrogen and oxygen atoms in total. The van der Waals surface area contributed by atoms with E-state index in [1.165, 1.54) is 17.3 Å². The van der Waals surface area contributed by atoms with Gasteiger partial charge in [-0.15, -0.1) is 11.8 Å². The van der Waals surface area contributed by atoms with Gasteiger partial charge in [-0.2, -0.15) is 8.75 Å². The summed E-state index contributed by atoms with van der Waals surface area (Å²) >= 11 is 2.78. The van der Waals surface area contributed by atoms with E-state index in [-0.39, 0.29) is 5.91 Å². The van der Waals surface area contributed by atoms with E-state index in [9.17, 15) is 4.79 Å². The lowest BCUT2D eigenvalue weighted by molar-refractivity contribution is -0.118. The molecule has 0 unspecified atom stereocenters. The average molecular weight is 307 g/mol. The van der Waals surface area contributed by atoms with Gasteiger partial charge < -0.3 is 5.32 Å². The molecule has 0 aliphatic rings. The minimum Gasteiger partial charge on any atom is -0.351 e. The Morgan fingerprint density at radius 3 is 2.65 bits per heavy atom. The van der Waals surface area contributed by atoms with E-state index in [2.05, 4.69) is 14.1 Å². The fraction of sp³-hybridized carbons (Fsp3) is 0.357. The average Bonchev–Trinajstić information content (AvgIpc) is 2.84. The van der Waals surface area contributed by atoms with E-state index in [0.717, 1.165) is 22.7 Å². The second-order valence-corrected chi connectivity index (χ2v) is 6.07. The van der Waals surface area contributed by atoms with Crippen LogP contribution in [0.25, 0.3) is 0 Å². The molecule has 0 aliphatic carbocycles. The van der Waals surface area contributed by atoms with Crippen LogP contribution in [0.5, 0.6) is 0 Å². The highest BCUT2D eigenvalue weighted by atomic mass is 32.2. The molecule has 1 aromatic carbocycles. The first-order valence-corrected chi connectivity index (χ1v) is 8.21. The first-order chi connectivity index (χ1) is 9.65. The van der Waals surface area contributed by atoms with Crippen molar-refractivity contribution in [2.45, 2.75) is 26.1 Å². The third-order valence-electron chi connectivity index (χ3n) is 2.83. The van der Waals surface area contributed by atoms with Crippen molar-refractivity contribution in [1.82, 2.24) is 14.1 Å². The van der Waals surface area contributed by atoms with Crippen molar-refractivity contribution < 1.29 is 4.79 Å². The van der Waals surface area contributed by atoms with Crippen LogP contribution in [-0.4, -0.2) is 20.4 Å². The molecule has 1 aromatic heterocycles. The molecule has 0 atom stereocenters. The molecule has 106 valence electrons. The van der Waals surface area contributed by atoms with Crippen molar-refractivity contribution in [3.8, 4) is 0 Å². The molecule has 0 radical (unpaired) electrons. The number of nitrogens with zero attached hydrogens (tertiary/aromatic N) is 2. The molecule has 0 fully saturated rings. The largest absolute Gasteiger partial charge is 0.351 e. The van der Waals surface area contributed by atoms with Gasteiger partial charge in [-0.25, -0.2) is 0 Å². The fourth-order valence-corrected chi connectivity index (χ4v) is 3.08. The molecular formula is C14H17N3OS2. The highest BCUT2D eigenvalue weighted by Crippen LogP contribution is 2.13. The monoisotopic (exact) mass is 307 g/mol. The molecule has 1 heterocycles. The molecule has 1 N–H and O–H groups in total. The van der Waals surface area contributed by atoms with Gasteiger partial charge in [0.2, 0.25) is 5.91 Å². The molecule has 0 saturated heterocycles. The number of aromatic nitrogens is 2. The standard InChI is InChI=1S/C14H17N3OS2/c1-10-3-5-12(6-4-10)7-15-14(18)9-19-8-13-11(2)16-20-17-13/h3-6H,7-9H2,1-2H3,(H,15,18). The quantitative estimate of drug-likeness (QED) is 0.891. The van der Waals surface area contributed by atoms with Crippen molar-refractivity contribution in [1.29, 1.82) is 0 Å². The number of hydrogen-bond donors (Lipinski definition) is 1. The zero-order chi connectivity index (χ0) is 14.4. The maximum Gasteiger partial charge on any atom is 0.230 e. The lowest BCUT2D eigenvalue weighted by atomic mass is 10.1. The minimum atomic E-state index is 0.0522. The Morgan fingerprint density at radius 2 is 2.00 bits per heavy atom. The molecule has 2 rings (SSSR count). The van der Waals surface area contributed by atoms with E-state index in [0.29, 0.717) is 12.3 Å². The van der Waals surface area contributed by atoms with Crippen molar-refractivity contribution >= 4 is 29.4 Å². The summed E-state index contributed by atoms with van der Waals surface area (Å²) in [7, 11) is 0. The van der Waals surface area contributed by atoms with Gasteiger partial charge in [-0.3, -0.25) is 4.79 Å². The Morgan fingerprint density at radius 1 is 1.25 bits per heavy atom. The third-order valence-corrected chi connectivity index (χ3v) is 4.43. The van der Waals surface area contributed by atoms with Gasteiger partial charge in [-0.05, 0) is 19.4 Å². The first kappa shape index (κ1) is 15.0. The van der Waals surface area contributed by atoms with Crippen molar-refractivity contribution in [2.24, 2.45) is 0 Å². The number of aryl methyl sites for hydroxylation is 2. The van der Waals surface area contributed by atoms with Gasteiger partial charge in [-0.1, -0.05) is 29.8 Å². The molecule has 0 saturated carbocycles. The summed E-state index contributed by atoms with van der Waals surface area (Å²) in [6, 6.07) is 8.17. The summed E-state index contributed by atoms with van der Waals surface area (Å²) in [5.41, 5.74) is 4.28. The van der Waals surface area contributed by atoms with Crippen LogP contribution >= 0.6 is 23.5 Å². The molecule has 0 bridgehead atoms. The molecular weight excluding hydrogens is 290 g/mol. The van der Waals surface area contributed by atoms with E-state index < -0.39 is 0 Å². The topological polar surface area (TPSA) is 54.9 Å². The van der Waals surface area contributed by atoms with Gasteiger partial charge in [0.15, 0.2) is 0 Å². The van der Waals surface area contributed by atoms with Crippen LogP contribution in [0.2, 0.25) is 0 Å². The highest BCUT2D eigenvalue weighted by Gasteiger charge is 2.06. The van der Waals surface area contributed by atoms with Crippen molar-refractivity contribution in [3.05, 3.63) is 46.8 Å². The van der Waals surface area contributed by atoms with Crippen LogP contribution < -0.4 is 5.32 Å². The number of nitrogens with one attached hydrogen (secondary N) is 1. The number of benzene rings is 1. The van der Waals surface area contributed by atoms with Crippen LogP contribution in [0.15, 0.2) is 24.3 Å². The Kier molecular flexibility index (Phi) is 5.55. The Labute approximate surface area is 127 Å². The highest BCUT2D eigenvalue weighted by molar-refractivity contribution is 7.99. The number of hydrogen-bond acceptors (Lipinski definition) is 5. The lowest BCUT2D eigenvalue weighted by Gasteiger charge is -2.05. The SMILES string of the molecule is Cc1ccc(CNC(=O)CSCc2nsnc2C)cc1. The van der Waals surface area contributed by atoms with E-state index in [4.69, 9.17) is 0 Å². The maximum absolute atomic E-state index is 11.7. The zero-order valence-corrected chi connectivity index (χ0v) is 13.2. The van der Waals surface area contributed by atoms with E-state index in [1.54, 1.807) is 11.8 Å². The molecule has 6 heteroatoms. The van der Waals surface area contributed by atoms with Crippen LogP contribution in [0.1, 0.15) is 22.5 Å². The van der Waals surface area contributed by atoms with Gasteiger partial charge in [0, 0.05) is 12.3 Å². The predicted octanol–water partition coefficient (Wildman–Crippen LogP) is 2.70. The van der Waals surface area contributed by atoms with Crippen LogP contribution in [0.4, 0.5) is 0 Å². The predicted molar refractivity (Wildman–Crippen MR) is 83.8 cm³/mol. The second-order valence-electron chi connectivity index (χ2n) is 4.55. The normalized spacial score (nSPS) is 10.5. The minimum absolute atomic E-state index is 0.0522. The number of thioether (sulfide) groups is 1. The van der Waals surface area contributed by atoms with Gasteiger partial charge in [0.1, 0.15) is 0 Å². The van der Waals surface area contributed by atoms with Crippen LogP contribution in [0, 0.1) is 13.8 Å². The van der Waals surface area contributed by atoms with E-state index >= 15 is 0 Å². The number of carbonyl (C=O) groups excluding carboxylic acids is 1. The van der Waals surface area contributed by atoms with Gasteiger partial charge >= 0.3 is 0 Å². The fourth-order valence-electron chi connectivity index (χ4n) is 1.58. The maximum atomic E-state index is 11.7. The molecule has 1 amide bonds. The Bertz CT molecular complexity index is 566. The van der Waals surface area contributed by atoms with Crippen molar-refractivity contribution in [3.63, 3.8) is 0 Å². The summed E-state index contributed by atoms with van der Waals surface area (Å²) in [5, 5.41) is 2.92. The number of amides is 1. The Balaban J connectivity index is 1.68. The van der Waals surface area contributed by atoms with Gasteiger partial charge in [0.05, 0.1) is 28.9 Å². The number of rotatable bonds is 6. The van der Waals surface area contributed by atoms with Gasteiger partial charge in [0.25, 0.3) is 0 Å². The molecule has 0 aliphatic heterocycles. The van der Waals surface area contributed by atoms with Crippen molar-refractivity contribution in [2.75, 3.05) is 5.75 Å². The summed E-state index contributed by atoms with van der Waals surface area (Å²) in [6.45, 7) is 4.57. The second kappa shape index (κ2) is 7.40. The summed E-state index contributed by atoms with van der Waals surface area (Å²) < 4.78 is 8.31. The van der Waals surface area contributed by atoms with Crippen LogP contribution in [0.3, 0.4) is 0 Å². The summed E-state index contributed by atoms with van der Waals surface area (Å²) in [6.07, 6.45) is 0. The Hall–Kier alpha value is -1.40.